The molecule has 6 nitrogen and oxygen atoms in total. The molecule has 0 radical (unpaired) electrons. The summed E-state index contributed by atoms with van der Waals surface area (Å²) in [6.45, 7) is 2.36. The van der Waals surface area contributed by atoms with Crippen LogP contribution in [-0.2, 0) is 9.59 Å². The number of hydrogen-bond donors (Lipinski definition) is 2. The Hall–Kier alpha value is -1.79. The summed E-state index contributed by atoms with van der Waals surface area (Å²) in [5.74, 6) is -2.55. The van der Waals surface area contributed by atoms with E-state index < -0.39 is 17.8 Å². The van der Waals surface area contributed by atoms with E-state index in [4.69, 9.17) is 21.4 Å². The van der Waals surface area contributed by atoms with Gasteiger partial charge >= 0.3 is 11.9 Å². The summed E-state index contributed by atoms with van der Waals surface area (Å²) in [7, 11) is 0. The van der Waals surface area contributed by atoms with Gasteiger partial charge in [-0.1, -0.05) is 11.6 Å². The maximum Gasteiger partial charge on any atom is 0.338 e. The molecule has 19 heavy (non-hydrogen) atoms. The summed E-state index contributed by atoms with van der Waals surface area (Å²) in [6.07, 6.45) is 0. The molecule has 104 valence electrons. The van der Waals surface area contributed by atoms with Crippen LogP contribution in [0, 0.1) is 0 Å². The summed E-state index contributed by atoms with van der Waals surface area (Å²) < 4.78 is 4.82. The van der Waals surface area contributed by atoms with Gasteiger partial charge in [0.2, 0.25) is 5.91 Å². The van der Waals surface area contributed by atoms with Gasteiger partial charge in [-0.15, -0.1) is 12.4 Å². The second-order valence-electron chi connectivity index (χ2n) is 3.41. The van der Waals surface area contributed by atoms with E-state index in [0.29, 0.717) is 0 Å². The molecule has 2 N–H and O–H groups in total. The van der Waals surface area contributed by atoms with Crippen molar-refractivity contribution < 1.29 is 24.2 Å². The molecular weight excluding hydrogens is 297 g/mol. The van der Waals surface area contributed by atoms with E-state index in [1.807, 2.05) is 0 Å². The van der Waals surface area contributed by atoms with Crippen LogP contribution in [0.25, 0.3) is 0 Å². The molecule has 0 saturated carbocycles. The zero-order chi connectivity index (χ0) is 13.9. The molecule has 0 fully saturated rings. The lowest BCUT2D eigenvalue weighted by molar-refractivity contribution is -0.131. The molecule has 0 saturated heterocycles. The van der Waals surface area contributed by atoms with Gasteiger partial charge in [0.1, 0.15) is 0 Å². The Morgan fingerprint density at radius 1 is 1.26 bits per heavy atom. The molecule has 0 aromatic heterocycles. The summed E-state index contributed by atoms with van der Waals surface area (Å²) >= 11 is 5.72. The molecule has 0 aliphatic carbocycles. The predicted molar refractivity (Wildman–Crippen MR) is 71.3 cm³/mol. The Morgan fingerprint density at radius 2 is 1.84 bits per heavy atom. The first-order valence-electron chi connectivity index (χ1n) is 4.84. The van der Waals surface area contributed by atoms with Crippen LogP contribution in [0.5, 0.6) is 5.75 Å². The number of rotatable bonds is 3. The Balaban J connectivity index is 0.00000324. The largest absolute Gasteiger partial charge is 0.478 e. The number of amides is 1. The highest BCUT2D eigenvalue weighted by atomic mass is 35.5. The highest BCUT2D eigenvalue weighted by Crippen LogP contribution is 2.33. The molecule has 1 aromatic rings. The van der Waals surface area contributed by atoms with E-state index in [1.54, 1.807) is 0 Å². The third-order valence-electron chi connectivity index (χ3n) is 1.85. The summed E-state index contributed by atoms with van der Waals surface area (Å²) in [4.78, 5) is 33.0. The van der Waals surface area contributed by atoms with Crippen LogP contribution in [0.4, 0.5) is 5.69 Å². The summed E-state index contributed by atoms with van der Waals surface area (Å²) in [6, 6.07) is 2.41. The van der Waals surface area contributed by atoms with Gasteiger partial charge in [-0.25, -0.2) is 4.79 Å². The van der Waals surface area contributed by atoms with Crippen molar-refractivity contribution in [3.05, 3.63) is 22.7 Å². The highest BCUT2D eigenvalue weighted by Gasteiger charge is 2.19. The third kappa shape index (κ3) is 4.76. The normalized spacial score (nSPS) is 9.21. The van der Waals surface area contributed by atoms with Crippen LogP contribution >= 0.6 is 24.0 Å². The first kappa shape index (κ1) is 17.2. The van der Waals surface area contributed by atoms with Gasteiger partial charge in [0, 0.05) is 24.9 Å². The van der Waals surface area contributed by atoms with Gasteiger partial charge in [-0.05, 0) is 6.07 Å². The maximum atomic E-state index is 11.0. The van der Waals surface area contributed by atoms with Crippen LogP contribution in [0.2, 0.25) is 5.02 Å². The van der Waals surface area contributed by atoms with Crippen molar-refractivity contribution in [1.82, 2.24) is 0 Å². The van der Waals surface area contributed by atoms with Crippen molar-refractivity contribution in [2.75, 3.05) is 5.32 Å². The number of carboxylic acids is 1. The number of nitrogens with one attached hydrogen (secondary N) is 1. The molecule has 8 heteroatoms. The van der Waals surface area contributed by atoms with Gasteiger partial charge in [0.25, 0.3) is 0 Å². The minimum absolute atomic E-state index is 0. The molecule has 0 bridgehead atoms. The van der Waals surface area contributed by atoms with E-state index in [2.05, 4.69) is 5.32 Å². The third-order valence-corrected chi connectivity index (χ3v) is 2.07. The molecule has 0 unspecified atom stereocenters. The topological polar surface area (TPSA) is 92.7 Å². The zero-order valence-electron chi connectivity index (χ0n) is 10.0. The van der Waals surface area contributed by atoms with E-state index in [0.717, 1.165) is 13.0 Å². The van der Waals surface area contributed by atoms with E-state index in [1.165, 1.54) is 13.0 Å². The lowest BCUT2D eigenvalue weighted by atomic mass is 10.1. The van der Waals surface area contributed by atoms with E-state index in [-0.39, 0.29) is 34.4 Å². The van der Waals surface area contributed by atoms with Crippen molar-refractivity contribution in [1.29, 1.82) is 0 Å². The molecule has 1 amide bonds. The van der Waals surface area contributed by atoms with Gasteiger partial charge in [-0.2, -0.15) is 0 Å². The zero-order valence-corrected chi connectivity index (χ0v) is 11.6. The fraction of sp³-hybridized carbons (Fsp3) is 0.182. The summed E-state index contributed by atoms with van der Waals surface area (Å²) in [5, 5.41) is 11.4. The molecular formula is C11H11Cl2NO5. The molecule has 1 aromatic carbocycles. The number of aromatic carboxylic acids is 1. The Kier molecular flexibility index (Phi) is 6.31. The Morgan fingerprint density at radius 3 is 2.26 bits per heavy atom. The number of esters is 1. The Bertz CT molecular complexity index is 530. The lowest BCUT2D eigenvalue weighted by Crippen LogP contribution is -2.14. The summed E-state index contributed by atoms with van der Waals surface area (Å²) in [5.41, 5.74) is -0.358. The standard InChI is InChI=1S/C11H10ClNO5.ClH/c1-5(14)13-10-8(11(16)17)3-7(12)4-9(10)18-6(2)15;/h3-4H,1-2H3,(H,13,14)(H,16,17);1H. The minimum Gasteiger partial charge on any atom is -0.478 e. The number of anilines is 1. The average molecular weight is 308 g/mol. The minimum atomic E-state index is -1.30. The lowest BCUT2D eigenvalue weighted by Gasteiger charge is -2.12. The van der Waals surface area contributed by atoms with Crippen LogP contribution in [0.15, 0.2) is 12.1 Å². The van der Waals surface area contributed by atoms with Crippen molar-refractivity contribution in [3.63, 3.8) is 0 Å². The molecule has 0 aliphatic rings. The fourth-order valence-corrected chi connectivity index (χ4v) is 1.50. The molecule has 0 atom stereocenters. The smallest absolute Gasteiger partial charge is 0.338 e. The van der Waals surface area contributed by atoms with Crippen LogP contribution in [0.3, 0.4) is 0 Å². The van der Waals surface area contributed by atoms with E-state index in [9.17, 15) is 14.4 Å². The van der Waals surface area contributed by atoms with Gasteiger partial charge in [-0.3, -0.25) is 9.59 Å². The SMILES string of the molecule is CC(=O)Nc1c(OC(C)=O)cc(Cl)cc1C(=O)O.Cl. The monoisotopic (exact) mass is 307 g/mol. The molecule has 0 heterocycles. The number of carbonyl (C=O) groups excluding carboxylic acids is 2. The number of ether oxygens (including phenoxy) is 1. The predicted octanol–water partition coefficient (Wildman–Crippen LogP) is 2.34. The van der Waals surface area contributed by atoms with Crippen LogP contribution < -0.4 is 10.1 Å². The number of carboxylic acid groups (broad SMARTS) is 1. The Labute approximate surface area is 120 Å². The van der Waals surface area contributed by atoms with Gasteiger partial charge in [0.15, 0.2) is 5.75 Å². The van der Waals surface area contributed by atoms with Gasteiger partial charge < -0.3 is 15.2 Å². The van der Waals surface area contributed by atoms with Crippen molar-refractivity contribution in [3.8, 4) is 5.75 Å². The van der Waals surface area contributed by atoms with Crippen LogP contribution in [-0.4, -0.2) is 23.0 Å². The number of halogens is 2. The number of hydrogen-bond acceptors (Lipinski definition) is 4. The molecule has 0 spiro atoms. The number of carbonyl (C=O) groups is 3. The van der Waals surface area contributed by atoms with Crippen LogP contribution in [0.1, 0.15) is 24.2 Å². The molecule has 0 aliphatic heterocycles. The first-order chi connectivity index (χ1) is 8.31. The van der Waals surface area contributed by atoms with Crippen molar-refractivity contribution in [2.45, 2.75) is 13.8 Å². The maximum absolute atomic E-state index is 11.0. The fourth-order valence-electron chi connectivity index (χ4n) is 1.29. The second kappa shape index (κ2) is 6.96. The quantitative estimate of drug-likeness (QED) is 0.660. The van der Waals surface area contributed by atoms with E-state index >= 15 is 0 Å². The number of benzene rings is 1. The van der Waals surface area contributed by atoms with Crippen molar-refractivity contribution >= 4 is 47.5 Å². The average Bonchev–Trinajstić information content (AvgIpc) is 2.19. The van der Waals surface area contributed by atoms with Gasteiger partial charge in [0.05, 0.1) is 11.3 Å². The molecule has 1 rings (SSSR count). The highest BCUT2D eigenvalue weighted by molar-refractivity contribution is 6.31. The first-order valence-corrected chi connectivity index (χ1v) is 5.22. The van der Waals surface area contributed by atoms with Crippen molar-refractivity contribution in [2.24, 2.45) is 0 Å². The second-order valence-corrected chi connectivity index (χ2v) is 3.84.